The molecule has 3 aliphatic heterocycles. The van der Waals surface area contributed by atoms with Gasteiger partial charge in [-0.15, -0.1) is 24.9 Å². The van der Waals surface area contributed by atoms with Crippen molar-refractivity contribution in [3.63, 3.8) is 0 Å². The van der Waals surface area contributed by atoms with Crippen LogP contribution in [0.1, 0.15) is 46.5 Å². The predicted molar refractivity (Wildman–Crippen MR) is 132 cm³/mol. The first-order valence-corrected chi connectivity index (χ1v) is 13.1. The maximum absolute atomic E-state index is 13.9. The number of fused-ring (bicyclic) bond motifs is 1. The van der Waals surface area contributed by atoms with Gasteiger partial charge in [-0.2, -0.15) is 0 Å². The smallest absolute Gasteiger partial charge is 0.247 e. The van der Waals surface area contributed by atoms with Crippen LogP contribution in [0.4, 0.5) is 0 Å². The number of amides is 3. The second-order valence-electron chi connectivity index (χ2n) is 9.61. The Balaban J connectivity index is 2.02. The Morgan fingerprint density at radius 2 is 1.97 bits per heavy atom. The monoisotopic (exact) mass is 477 g/mol. The summed E-state index contributed by atoms with van der Waals surface area (Å²) in [5.41, 5.74) is 0. The molecule has 3 amide bonds. The minimum Gasteiger partial charge on any atom is -0.396 e. The standard InChI is InChI=1S/C25H39N3O4S/c1-6-12-26(13-7-2)22(30)19-18-10-11-25(33-18)20(19)23(31)28(15-9-16-29)21(25)24(32)27(14-8-3)17(4)5/h6,8,17-21,29H,1,3,7,9-16H2,2,4-5H3/t18-,19+,20-,21?,25?/m0/s1. The van der Waals surface area contributed by atoms with E-state index in [1.54, 1.807) is 33.7 Å². The summed E-state index contributed by atoms with van der Waals surface area (Å²) >= 11 is 1.69. The van der Waals surface area contributed by atoms with Crippen molar-refractivity contribution in [3.8, 4) is 0 Å². The van der Waals surface area contributed by atoms with Crippen LogP contribution in [0.5, 0.6) is 0 Å². The molecule has 2 bridgehead atoms. The molecule has 0 aromatic carbocycles. The van der Waals surface area contributed by atoms with Crippen molar-refractivity contribution in [2.45, 2.75) is 68.5 Å². The van der Waals surface area contributed by atoms with Crippen molar-refractivity contribution in [2.24, 2.45) is 11.8 Å². The predicted octanol–water partition coefficient (Wildman–Crippen LogP) is 2.31. The molecule has 0 aromatic heterocycles. The highest BCUT2D eigenvalue weighted by atomic mass is 32.2. The van der Waals surface area contributed by atoms with Crippen molar-refractivity contribution in [1.82, 2.24) is 14.7 Å². The van der Waals surface area contributed by atoms with Gasteiger partial charge in [0.2, 0.25) is 17.7 Å². The molecule has 0 aliphatic carbocycles. The number of nitrogens with zero attached hydrogens (tertiary/aromatic N) is 3. The number of thioether (sulfide) groups is 1. The molecular formula is C25H39N3O4S. The van der Waals surface area contributed by atoms with Crippen molar-refractivity contribution in [2.75, 3.05) is 32.8 Å². The second kappa shape index (κ2) is 10.6. The van der Waals surface area contributed by atoms with Crippen molar-refractivity contribution >= 4 is 29.5 Å². The van der Waals surface area contributed by atoms with Gasteiger partial charge in [-0.1, -0.05) is 19.1 Å². The van der Waals surface area contributed by atoms with E-state index in [0.29, 0.717) is 32.6 Å². The highest BCUT2D eigenvalue weighted by Gasteiger charge is 2.74. The van der Waals surface area contributed by atoms with Gasteiger partial charge in [0.15, 0.2) is 0 Å². The minimum absolute atomic E-state index is 0.0104. The fourth-order valence-electron chi connectivity index (χ4n) is 5.98. The van der Waals surface area contributed by atoms with E-state index in [1.807, 2.05) is 25.7 Å². The molecule has 1 spiro atoms. The van der Waals surface area contributed by atoms with E-state index in [2.05, 4.69) is 13.2 Å². The molecular weight excluding hydrogens is 438 g/mol. The number of aliphatic hydroxyl groups excluding tert-OH is 1. The summed E-state index contributed by atoms with van der Waals surface area (Å²) in [5.74, 6) is -1.08. The zero-order chi connectivity index (χ0) is 24.3. The van der Waals surface area contributed by atoms with Gasteiger partial charge in [-0.25, -0.2) is 0 Å². The largest absolute Gasteiger partial charge is 0.396 e. The number of hydrogen-bond donors (Lipinski definition) is 1. The first kappa shape index (κ1) is 25.8. The fourth-order valence-corrected chi connectivity index (χ4v) is 8.18. The Labute approximate surface area is 202 Å². The molecule has 0 saturated carbocycles. The highest BCUT2D eigenvalue weighted by Crippen LogP contribution is 2.66. The molecule has 7 nitrogen and oxygen atoms in total. The van der Waals surface area contributed by atoms with Crippen LogP contribution in [0.2, 0.25) is 0 Å². The molecule has 3 heterocycles. The van der Waals surface area contributed by atoms with Gasteiger partial charge in [0.1, 0.15) is 6.04 Å². The average Bonchev–Trinajstić information content (AvgIpc) is 3.42. The molecule has 5 atom stereocenters. The summed E-state index contributed by atoms with van der Waals surface area (Å²) in [7, 11) is 0. The van der Waals surface area contributed by atoms with Gasteiger partial charge in [0.05, 0.1) is 16.6 Å². The first-order valence-electron chi connectivity index (χ1n) is 12.2. The fraction of sp³-hybridized carbons (Fsp3) is 0.720. The number of carbonyl (C=O) groups excluding carboxylic acids is 3. The second-order valence-corrected chi connectivity index (χ2v) is 11.2. The van der Waals surface area contributed by atoms with Crippen LogP contribution >= 0.6 is 11.8 Å². The van der Waals surface area contributed by atoms with E-state index >= 15 is 0 Å². The van der Waals surface area contributed by atoms with Crippen LogP contribution in [-0.2, 0) is 14.4 Å². The van der Waals surface area contributed by atoms with Crippen LogP contribution in [0, 0.1) is 11.8 Å². The van der Waals surface area contributed by atoms with Gasteiger partial charge in [0.25, 0.3) is 0 Å². The Bertz CT molecular complexity index is 788. The van der Waals surface area contributed by atoms with Crippen LogP contribution < -0.4 is 0 Å². The lowest BCUT2D eigenvalue weighted by Gasteiger charge is -2.38. The van der Waals surface area contributed by atoms with E-state index in [0.717, 1.165) is 19.3 Å². The summed E-state index contributed by atoms with van der Waals surface area (Å²) in [6.45, 7) is 15.3. The third-order valence-corrected chi connectivity index (χ3v) is 9.22. The van der Waals surface area contributed by atoms with Crippen LogP contribution in [0.15, 0.2) is 25.3 Å². The third kappa shape index (κ3) is 4.36. The van der Waals surface area contributed by atoms with E-state index in [4.69, 9.17) is 0 Å². The quantitative estimate of drug-likeness (QED) is 0.436. The maximum Gasteiger partial charge on any atom is 0.247 e. The molecule has 2 unspecified atom stereocenters. The zero-order valence-corrected chi connectivity index (χ0v) is 21.1. The first-order chi connectivity index (χ1) is 15.8. The Morgan fingerprint density at radius 1 is 1.27 bits per heavy atom. The molecule has 3 saturated heterocycles. The molecule has 1 N–H and O–H groups in total. The molecule has 3 aliphatic rings. The van der Waals surface area contributed by atoms with Crippen molar-refractivity contribution in [3.05, 3.63) is 25.3 Å². The average molecular weight is 478 g/mol. The van der Waals surface area contributed by atoms with Gasteiger partial charge in [-0.3, -0.25) is 14.4 Å². The van der Waals surface area contributed by atoms with Gasteiger partial charge < -0.3 is 19.8 Å². The van der Waals surface area contributed by atoms with Gasteiger partial charge >= 0.3 is 0 Å². The topological polar surface area (TPSA) is 81.2 Å². The number of hydrogen-bond acceptors (Lipinski definition) is 5. The van der Waals surface area contributed by atoms with E-state index in [9.17, 15) is 19.5 Å². The molecule has 8 heteroatoms. The number of aliphatic hydroxyl groups is 1. The Hall–Kier alpha value is -1.80. The summed E-state index contributed by atoms with van der Waals surface area (Å²) in [4.78, 5) is 46.7. The number of carbonyl (C=O) groups is 3. The molecule has 33 heavy (non-hydrogen) atoms. The van der Waals surface area contributed by atoms with Crippen molar-refractivity contribution in [1.29, 1.82) is 0 Å². The van der Waals surface area contributed by atoms with Crippen LogP contribution in [0.25, 0.3) is 0 Å². The lowest BCUT2D eigenvalue weighted by molar-refractivity contribution is -0.145. The lowest BCUT2D eigenvalue weighted by Crippen LogP contribution is -2.56. The molecule has 0 aromatic rings. The molecule has 3 fully saturated rings. The summed E-state index contributed by atoms with van der Waals surface area (Å²) in [6, 6.07) is -0.648. The van der Waals surface area contributed by atoms with Crippen molar-refractivity contribution < 1.29 is 19.5 Å². The summed E-state index contributed by atoms with van der Waals surface area (Å²) in [6.07, 6.45) is 6.28. The van der Waals surface area contributed by atoms with E-state index < -0.39 is 22.6 Å². The lowest BCUT2D eigenvalue weighted by atomic mass is 9.70. The van der Waals surface area contributed by atoms with Gasteiger partial charge in [0, 0.05) is 44.1 Å². The Morgan fingerprint density at radius 3 is 2.55 bits per heavy atom. The SMILES string of the molecule is C=CCN(CCC)C(=O)[C@@H]1[C@@H]2CCC3(S2)C(C(=O)N(CC=C)C(C)C)N(CCCO)C(=O)[C@H]13. The Kier molecular flexibility index (Phi) is 8.32. The normalized spacial score (nSPS) is 30.0. The number of rotatable bonds is 12. The molecule has 0 radical (unpaired) electrons. The zero-order valence-electron chi connectivity index (χ0n) is 20.2. The van der Waals surface area contributed by atoms with E-state index in [-0.39, 0.29) is 35.6 Å². The summed E-state index contributed by atoms with van der Waals surface area (Å²) < 4.78 is -0.588. The third-order valence-electron chi connectivity index (χ3n) is 7.26. The summed E-state index contributed by atoms with van der Waals surface area (Å²) in [5, 5.41) is 9.51. The highest BCUT2D eigenvalue weighted by molar-refractivity contribution is 8.02. The van der Waals surface area contributed by atoms with Gasteiger partial charge in [-0.05, 0) is 39.5 Å². The van der Waals surface area contributed by atoms with Crippen LogP contribution in [0.3, 0.4) is 0 Å². The molecule has 184 valence electrons. The minimum atomic E-state index is -0.615. The molecule has 3 rings (SSSR count). The van der Waals surface area contributed by atoms with E-state index in [1.165, 1.54) is 0 Å². The maximum atomic E-state index is 13.9. The van der Waals surface area contributed by atoms with Crippen LogP contribution in [-0.4, -0.2) is 92.4 Å². The number of likely N-dealkylation sites (tertiary alicyclic amines) is 1.